The summed E-state index contributed by atoms with van der Waals surface area (Å²) in [7, 11) is -8.73. The third-order valence-electron chi connectivity index (χ3n) is 11.2. The van der Waals surface area contributed by atoms with Crippen molar-refractivity contribution in [1.29, 1.82) is 0 Å². The number of sulfone groups is 1. The Hall–Kier alpha value is -4.57. The topological polar surface area (TPSA) is 141 Å². The van der Waals surface area contributed by atoms with Gasteiger partial charge in [0.25, 0.3) is 10.0 Å². The summed E-state index contributed by atoms with van der Waals surface area (Å²) in [5.41, 5.74) is 1.16. The Kier molecular flexibility index (Phi) is 11.2. The van der Waals surface area contributed by atoms with E-state index in [1.165, 1.54) is 41.2 Å². The molecule has 15 heteroatoms. The molecule has 1 aliphatic heterocycles. The summed E-state index contributed by atoms with van der Waals surface area (Å²) < 4.78 is 105. The second-order valence-corrected chi connectivity index (χ2v) is 21.6. The Morgan fingerprint density at radius 3 is 2.41 bits per heavy atom. The predicted molar refractivity (Wildman–Crippen MR) is 220 cm³/mol. The standard InChI is InChI=1S/C43H46F2N4O6S3/c1-28-10-13-32(14-11-28)58(54,55)49-21-16-33-34-18-23-57(52,53)27-42(2,3)19-7-20-43(4,30-9-6-8-29(24-30)17-22-50)41-46-40(48(5)47-41)35-25-31(12-15-36(35)44)56(51)39(34)37(45)26-38(33)49/h6,8-16,21,24-26,50H,7,17-20,22-23,27H2,1-5H3/t43-,56?/m1/s1. The molecule has 0 aliphatic carbocycles. The highest BCUT2D eigenvalue weighted by molar-refractivity contribution is 7.91. The van der Waals surface area contributed by atoms with Gasteiger partial charge in [-0.25, -0.2) is 43.5 Å². The fourth-order valence-electron chi connectivity index (χ4n) is 8.02. The number of rotatable bonds is 5. The van der Waals surface area contributed by atoms with Crippen LogP contribution in [0.3, 0.4) is 0 Å². The maximum atomic E-state index is 16.6. The van der Waals surface area contributed by atoms with Gasteiger partial charge in [-0.1, -0.05) is 62.2 Å². The molecule has 1 N–H and O–H groups in total. The van der Waals surface area contributed by atoms with Crippen LogP contribution in [0.5, 0.6) is 0 Å². The van der Waals surface area contributed by atoms with Crippen molar-refractivity contribution in [2.24, 2.45) is 12.5 Å². The van der Waals surface area contributed by atoms with Gasteiger partial charge in [0.15, 0.2) is 21.5 Å². The summed E-state index contributed by atoms with van der Waals surface area (Å²) in [5, 5.41) is 14.7. The number of hydrogen-bond donors (Lipinski definition) is 1. The van der Waals surface area contributed by atoms with E-state index < -0.39 is 58.9 Å². The summed E-state index contributed by atoms with van der Waals surface area (Å²) in [6.07, 6.45) is 3.07. The molecule has 3 heterocycles. The zero-order valence-corrected chi connectivity index (χ0v) is 35.4. The molecule has 0 saturated carbocycles. The molecular weight excluding hydrogens is 803 g/mol. The fraction of sp³-hybridized carbons (Fsp3) is 0.349. The molecule has 306 valence electrons. The van der Waals surface area contributed by atoms with Crippen LogP contribution in [0.25, 0.3) is 22.3 Å². The molecule has 1 unspecified atom stereocenters. The predicted octanol–water partition coefficient (Wildman–Crippen LogP) is 7.44. The second-order valence-electron chi connectivity index (χ2n) is 16.2. The van der Waals surface area contributed by atoms with Gasteiger partial charge in [-0.05, 0) is 98.0 Å². The summed E-state index contributed by atoms with van der Waals surface area (Å²) in [4.78, 5) is 4.57. The zero-order valence-electron chi connectivity index (χ0n) is 33.0. The first kappa shape index (κ1) is 41.6. The van der Waals surface area contributed by atoms with Gasteiger partial charge in [0.05, 0.1) is 48.6 Å². The molecule has 0 radical (unpaired) electrons. The van der Waals surface area contributed by atoms with Crippen LogP contribution in [-0.2, 0) is 56.0 Å². The van der Waals surface area contributed by atoms with Gasteiger partial charge in [0, 0.05) is 36.2 Å². The highest BCUT2D eigenvalue weighted by Crippen LogP contribution is 2.40. The van der Waals surface area contributed by atoms with Crippen LogP contribution in [0.4, 0.5) is 8.78 Å². The lowest BCUT2D eigenvalue weighted by atomic mass is 9.75. The van der Waals surface area contributed by atoms with Crippen molar-refractivity contribution in [2.45, 2.75) is 79.9 Å². The first-order valence-electron chi connectivity index (χ1n) is 19.0. The van der Waals surface area contributed by atoms with Crippen molar-refractivity contribution in [3.63, 3.8) is 0 Å². The first-order chi connectivity index (χ1) is 27.3. The van der Waals surface area contributed by atoms with E-state index in [9.17, 15) is 26.2 Å². The van der Waals surface area contributed by atoms with Crippen LogP contribution in [0.15, 0.2) is 99.7 Å². The Balaban J connectivity index is 1.42. The molecule has 0 saturated heterocycles. The number of nitrogens with zero attached hydrogens (tertiary/aromatic N) is 4. The second kappa shape index (κ2) is 15.6. The van der Waals surface area contributed by atoms with Crippen LogP contribution in [0, 0.1) is 24.0 Å². The van der Waals surface area contributed by atoms with E-state index in [-0.39, 0.29) is 61.3 Å². The molecule has 2 aromatic heterocycles. The molecule has 7 rings (SSSR count). The number of hydrogen-bond acceptors (Lipinski definition) is 8. The van der Waals surface area contributed by atoms with Crippen molar-refractivity contribution >= 4 is 41.6 Å². The van der Waals surface area contributed by atoms with Gasteiger partial charge in [-0.2, -0.15) is 5.10 Å². The van der Waals surface area contributed by atoms with E-state index in [0.717, 1.165) is 32.8 Å². The van der Waals surface area contributed by atoms with Crippen LogP contribution in [0.1, 0.15) is 68.1 Å². The van der Waals surface area contributed by atoms with Crippen molar-refractivity contribution in [3.8, 4) is 11.4 Å². The molecule has 2 atom stereocenters. The summed E-state index contributed by atoms with van der Waals surface area (Å²) >= 11 is 0. The average Bonchev–Trinajstić information content (AvgIpc) is 3.77. The highest BCUT2D eigenvalue weighted by Gasteiger charge is 2.36. The van der Waals surface area contributed by atoms with Crippen molar-refractivity contribution in [2.75, 3.05) is 18.1 Å². The fourth-order valence-corrected chi connectivity index (χ4v) is 12.7. The summed E-state index contributed by atoms with van der Waals surface area (Å²) in [5.74, 6) is -1.73. The lowest BCUT2D eigenvalue weighted by Gasteiger charge is -2.30. The Morgan fingerprint density at radius 1 is 0.948 bits per heavy atom. The van der Waals surface area contributed by atoms with E-state index in [0.29, 0.717) is 31.5 Å². The summed E-state index contributed by atoms with van der Waals surface area (Å²) in [6.45, 7) is 7.54. The minimum atomic E-state index is -4.21. The minimum absolute atomic E-state index is 0.0216. The quantitative estimate of drug-likeness (QED) is 0.189. The molecule has 0 spiro atoms. The molecule has 10 nitrogen and oxygen atoms in total. The number of halogens is 2. The van der Waals surface area contributed by atoms with Crippen LogP contribution < -0.4 is 0 Å². The molecule has 0 fully saturated rings. The molecule has 58 heavy (non-hydrogen) atoms. The maximum Gasteiger partial charge on any atom is 0.268 e. The third-order valence-corrected chi connectivity index (χ3v) is 16.4. The number of aliphatic hydroxyl groups excluding tert-OH is 1. The number of aliphatic hydroxyl groups is 1. The number of aryl methyl sites for hydroxylation is 3. The van der Waals surface area contributed by atoms with Gasteiger partial charge in [0.2, 0.25) is 0 Å². The summed E-state index contributed by atoms with van der Waals surface area (Å²) in [6, 6.07) is 20.2. The minimum Gasteiger partial charge on any atom is -0.396 e. The van der Waals surface area contributed by atoms with E-state index in [2.05, 4.69) is 0 Å². The molecule has 6 aromatic rings. The van der Waals surface area contributed by atoms with Crippen LogP contribution in [0.2, 0.25) is 0 Å². The lowest BCUT2D eigenvalue weighted by molar-refractivity contribution is 0.299. The normalized spacial score (nSPS) is 20.0. The maximum absolute atomic E-state index is 16.6. The van der Waals surface area contributed by atoms with Gasteiger partial charge in [-0.3, -0.25) is 0 Å². The monoisotopic (exact) mass is 848 g/mol. The van der Waals surface area contributed by atoms with E-state index in [4.69, 9.17) is 10.1 Å². The van der Waals surface area contributed by atoms with Gasteiger partial charge in [0.1, 0.15) is 11.6 Å². The lowest BCUT2D eigenvalue weighted by Crippen LogP contribution is -2.29. The average molecular weight is 849 g/mol. The number of benzene rings is 4. The Bertz CT molecular complexity index is 2800. The SMILES string of the molecule is Cc1ccc(S(=O)(=O)n2ccc3c4c(c(F)cc32)S(=O)c2ccc(F)c(c2)-c2nc(nn2C)[C@@](C)(c2cccc(CCO)c2)CCCC(C)(C)CS(=O)(=O)CC4)cc1. The van der Waals surface area contributed by atoms with Crippen LogP contribution >= 0.6 is 0 Å². The molecule has 0 amide bonds. The van der Waals surface area contributed by atoms with E-state index in [1.54, 1.807) is 19.2 Å². The zero-order chi connectivity index (χ0) is 41.8. The highest BCUT2D eigenvalue weighted by atomic mass is 32.2. The van der Waals surface area contributed by atoms with Crippen molar-refractivity contribution in [1.82, 2.24) is 18.7 Å². The Labute approximate surface area is 340 Å². The molecule has 4 bridgehead atoms. The largest absolute Gasteiger partial charge is 0.396 e. The first-order valence-corrected chi connectivity index (χ1v) is 23.4. The molecule has 1 aliphatic rings. The van der Waals surface area contributed by atoms with Gasteiger partial charge < -0.3 is 5.11 Å². The molecule has 4 aromatic carbocycles. The molecular formula is C43H46F2N4O6S3. The van der Waals surface area contributed by atoms with Gasteiger partial charge in [-0.15, -0.1) is 0 Å². The van der Waals surface area contributed by atoms with Gasteiger partial charge >= 0.3 is 0 Å². The smallest absolute Gasteiger partial charge is 0.268 e. The number of fused-ring (bicyclic) bond motifs is 8. The van der Waals surface area contributed by atoms with Crippen molar-refractivity contribution in [3.05, 3.63) is 125 Å². The van der Waals surface area contributed by atoms with E-state index >= 15 is 8.78 Å². The van der Waals surface area contributed by atoms with Crippen molar-refractivity contribution < 1.29 is 34.9 Å². The van der Waals surface area contributed by atoms with Crippen LogP contribution in [-0.4, -0.2) is 63.0 Å². The van der Waals surface area contributed by atoms with E-state index in [1.807, 2.05) is 52.0 Å². The third kappa shape index (κ3) is 7.93. The Morgan fingerprint density at radius 2 is 1.69 bits per heavy atom. The number of aromatic nitrogens is 4.